The normalized spacial score (nSPS) is 14.1. The predicted octanol–water partition coefficient (Wildman–Crippen LogP) is 4.60. The van der Waals surface area contributed by atoms with Crippen LogP contribution in [0, 0.1) is 6.92 Å². The minimum atomic E-state index is -0.109. The van der Waals surface area contributed by atoms with Crippen molar-refractivity contribution in [1.82, 2.24) is 34.9 Å². The van der Waals surface area contributed by atoms with Gasteiger partial charge < -0.3 is 10.2 Å². The molecule has 0 atom stereocenters. The Morgan fingerprint density at radius 1 is 1.06 bits per heavy atom. The molecule has 186 valence electrons. The SMILES string of the molecule is Cc1ccc(-n2c(SCc3nc(C(=O)NCCN4CCCCC4)cs3)nnc2-c2ccncc2)cc1. The zero-order valence-corrected chi connectivity index (χ0v) is 21.9. The van der Waals surface area contributed by atoms with Crippen molar-refractivity contribution in [2.45, 2.75) is 37.1 Å². The highest BCUT2D eigenvalue weighted by Crippen LogP contribution is 2.30. The summed E-state index contributed by atoms with van der Waals surface area (Å²) in [6, 6.07) is 12.2. The van der Waals surface area contributed by atoms with E-state index >= 15 is 0 Å². The van der Waals surface area contributed by atoms with Gasteiger partial charge in [-0.2, -0.15) is 0 Å². The van der Waals surface area contributed by atoms with Gasteiger partial charge in [-0.15, -0.1) is 21.5 Å². The molecule has 8 nitrogen and oxygen atoms in total. The fraction of sp³-hybridized carbons (Fsp3) is 0.346. The number of benzene rings is 1. The van der Waals surface area contributed by atoms with Crippen molar-refractivity contribution in [2.75, 3.05) is 26.2 Å². The van der Waals surface area contributed by atoms with Crippen molar-refractivity contribution in [3.63, 3.8) is 0 Å². The Labute approximate surface area is 219 Å². The lowest BCUT2D eigenvalue weighted by Gasteiger charge is -2.26. The van der Waals surface area contributed by atoms with Crippen LogP contribution < -0.4 is 5.32 Å². The summed E-state index contributed by atoms with van der Waals surface area (Å²) in [6.45, 7) is 5.87. The van der Waals surface area contributed by atoms with Gasteiger partial charge in [0.25, 0.3) is 5.91 Å². The third kappa shape index (κ3) is 6.00. The predicted molar refractivity (Wildman–Crippen MR) is 144 cm³/mol. The molecule has 0 unspecified atom stereocenters. The third-order valence-electron chi connectivity index (χ3n) is 6.14. The maximum absolute atomic E-state index is 12.6. The number of aromatic nitrogens is 5. The summed E-state index contributed by atoms with van der Waals surface area (Å²) in [7, 11) is 0. The Morgan fingerprint density at radius 3 is 2.61 bits per heavy atom. The van der Waals surface area contributed by atoms with Crippen LogP contribution in [0.1, 0.15) is 40.3 Å². The quantitative estimate of drug-likeness (QED) is 0.323. The Kier molecular flexibility index (Phi) is 8.04. The van der Waals surface area contributed by atoms with Gasteiger partial charge in [0.2, 0.25) is 0 Å². The maximum atomic E-state index is 12.6. The van der Waals surface area contributed by atoms with Crippen LogP contribution in [0.5, 0.6) is 0 Å². The molecule has 0 radical (unpaired) electrons. The van der Waals surface area contributed by atoms with E-state index < -0.39 is 0 Å². The molecule has 1 saturated heterocycles. The molecule has 1 fully saturated rings. The monoisotopic (exact) mass is 519 g/mol. The van der Waals surface area contributed by atoms with Crippen LogP contribution in [0.15, 0.2) is 59.3 Å². The third-order valence-corrected chi connectivity index (χ3v) is 8.11. The average Bonchev–Trinajstić information content (AvgIpc) is 3.57. The largest absolute Gasteiger partial charge is 0.349 e. The molecular formula is C26H29N7OS2. The van der Waals surface area contributed by atoms with Crippen molar-refractivity contribution in [3.8, 4) is 17.1 Å². The second-order valence-corrected chi connectivity index (χ2v) is 10.7. The van der Waals surface area contributed by atoms with E-state index in [1.165, 1.54) is 36.2 Å². The summed E-state index contributed by atoms with van der Waals surface area (Å²) >= 11 is 3.06. The molecule has 4 heterocycles. The molecule has 36 heavy (non-hydrogen) atoms. The van der Waals surface area contributed by atoms with Gasteiger partial charge in [-0.05, 0) is 57.1 Å². The number of nitrogens with one attached hydrogen (secondary N) is 1. The molecular weight excluding hydrogens is 490 g/mol. The van der Waals surface area contributed by atoms with Crippen LogP contribution in [0.2, 0.25) is 0 Å². The summed E-state index contributed by atoms with van der Waals surface area (Å²) in [5.74, 6) is 1.26. The van der Waals surface area contributed by atoms with Gasteiger partial charge in [0, 0.05) is 42.1 Å². The first-order valence-electron chi connectivity index (χ1n) is 12.2. The summed E-state index contributed by atoms with van der Waals surface area (Å²) in [5, 5.41) is 15.5. The minimum Gasteiger partial charge on any atom is -0.349 e. The summed E-state index contributed by atoms with van der Waals surface area (Å²) in [6.07, 6.45) is 7.33. The molecule has 5 rings (SSSR count). The van der Waals surface area contributed by atoms with Crippen molar-refractivity contribution < 1.29 is 4.79 Å². The lowest BCUT2D eigenvalue weighted by atomic mass is 10.1. The zero-order chi connectivity index (χ0) is 24.7. The van der Waals surface area contributed by atoms with Crippen LogP contribution >= 0.6 is 23.1 Å². The number of aryl methyl sites for hydroxylation is 1. The van der Waals surface area contributed by atoms with Gasteiger partial charge >= 0.3 is 0 Å². The molecule has 1 aliphatic rings. The van der Waals surface area contributed by atoms with Gasteiger partial charge in [0.15, 0.2) is 11.0 Å². The second-order valence-electron chi connectivity index (χ2n) is 8.79. The van der Waals surface area contributed by atoms with E-state index in [4.69, 9.17) is 0 Å². The molecule has 10 heteroatoms. The number of likely N-dealkylation sites (tertiary alicyclic amines) is 1. The van der Waals surface area contributed by atoms with Gasteiger partial charge in [-0.1, -0.05) is 35.9 Å². The molecule has 1 aliphatic heterocycles. The van der Waals surface area contributed by atoms with Crippen LogP contribution in [0.25, 0.3) is 17.1 Å². The number of amides is 1. The van der Waals surface area contributed by atoms with E-state index in [0.29, 0.717) is 18.0 Å². The highest BCUT2D eigenvalue weighted by atomic mass is 32.2. The van der Waals surface area contributed by atoms with E-state index in [2.05, 4.69) is 66.1 Å². The first-order chi connectivity index (χ1) is 17.7. The van der Waals surface area contributed by atoms with Crippen LogP contribution in [-0.4, -0.2) is 61.7 Å². The van der Waals surface area contributed by atoms with E-state index in [1.807, 2.05) is 17.5 Å². The van der Waals surface area contributed by atoms with Crippen molar-refractivity contribution >= 4 is 29.0 Å². The minimum absolute atomic E-state index is 0.109. The Balaban J connectivity index is 1.25. The smallest absolute Gasteiger partial charge is 0.270 e. The molecule has 0 saturated carbocycles. The molecule has 1 N–H and O–H groups in total. The second kappa shape index (κ2) is 11.8. The number of thiazole rings is 1. The first kappa shape index (κ1) is 24.6. The van der Waals surface area contributed by atoms with Crippen LogP contribution in [0.4, 0.5) is 0 Å². The molecule has 0 bridgehead atoms. The van der Waals surface area contributed by atoms with Crippen LogP contribution in [-0.2, 0) is 5.75 Å². The topological polar surface area (TPSA) is 88.8 Å². The summed E-state index contributed by atoms with van der Waals surface area (Å²) < 4.78 is 2.06. The number of rotatable bonds is 9. The molecule has 4 aromatic rings. The molecule has 1 amide bonds. The Hall–Kier alpha value is -3.08. The van der Waals surface area contributed by atoms with Gasteiger partial charge in [-0.3, -0.25) is 14.3 Å². The van der Waals surface area contributed by atoms with E-state index in [-0.39, 0.29) is 5.91 Å². The van der Waals surface area contributed by atoms with E-state index in [0.717, 1.165) is 46.9 Å². The van der Waals surface area contributed by atoms with Gasteiger partial charge in [0.1, 0.15) is 10.7 Å². The fourth-order valence-corrected chi connectivity index (χ4v) is 5.93. The van der Waals surface area contributed by atoms with Crippen molar-refractivity contribution in [3.05, 3.63) is 70.4 Å². The van der Waals surface area contributed by atoms with Crippen LogP contribution in [0.3, 0.4) is 0 Å². The fourth-order valence-electron chi connectivity index (χ4n) is 4.19. The number of carbonyl (C=O) groups is 1. The summed E-state index contributed by atoms with van der Waals surface area (Å²) in [4.78, 5) is 23.7. The Bertz CT molecular complexity index is 1280. The van der Waals surface area contributed by atoms with Crippen molar-refractivity contribution in [2.24, 2.45) is 0 Å². The maximum Gasteiger partial charge on any atom is 0.270 e. The number of thioether (sulfide) groups is 1. The number of pyridine rings is 1. The number of nitrogens with zero attached hydrogens (tertiary/aromatic N) is 6. The molecule has 0 aliphatic carbocycles. The van der Waals surface area contributed by atoms with E-state index in [1.54, 1.807) is 24.2 Å². The summed E-state index contributed by atoms with van der Waals surface area (Å²) in [5.41, 5.74) is 3.61. The number of piperidine rings is 1. The number of carbonyl (C=O) groups excluding carboxylic acids is 1. The van der Waals surface area contributed by atoms with Crippen molar-refractivity contribution in [1.29, 1.82) is 0 Å². The van der Waals surface area contributed by atoms with E-state index in [9.17, 15) is 4.79 Å². The van der Waals surface area contributed by atoms with Gasteiger partial charge in [-0.25, -0.2) is 4.98 Å². The lowest BCUT2D eigenvalue weighted by Crippen LogP contribution is -2.37. The lowest BCUT2D eigenvalue weighted by molar-refractivity contribution is 0.0942. The zero-order valence-electron chi connectivity index (χ0n) is 20.3. The molecule has 1 aromatic carbocycles. The van der Waals surface area contributed by atoms with Gasteiger partial charge in [0.05, 0.1) is 5.75 Å². The molecule has 0 spiro atoms. The standard InChI is InChI=1S/C26H29N7OS2/c1-19-5-7-21(8-6-19)33-24(20-9-11-27-12-10-20)30-31-26(33)36-18-23-29-22(17-35-23)25(34)28-13-16-32-14-3-2-4-15-32/h5-12,17H,2-4,13-16,18H2,1H3,(H,28,34). The highest BCUT2D eigenvalue weighted by molar-refractivity contribution is 7.98. The number of hydrogen-bond donors (Lipinski definition) is 1. The average molecular weight is 520 g/mol. The number of hydrogen-bond acceptors (Lipinski definition) is 8. The molecule has 3 aromatic heterocycles. The highest BCUT2D eigenvalue weighted by Gasteiger charge is 2.18. The first-order valence-corrected chi connectivity index (χ1v) is 14.0. The Morgan fingerprint density at radius 2 is 1.83 bits per heavy atom.